The summed E-state index contributed by atoms with van der Waals surface area (Å²) in [5.41, 5.74) is 5.00. The van der Waals surface area contributed by atoms with Crippen LogP contribution in [-0.2, 0) is 17.9 Å². The van der Waals surface area contributed by atoms with Gasteiger partial charge in [-0.15, -0.1) is 0 Å². The van der Waals surface area contributed by atoms with Gasteiger partial charge in [-0.3, -0.25) is 4.98 Å². The molecule has 0 radical (unpaired) electrons. The van der Waals surface area contributed by atoms with Gasteiger partial charge >= 0.3 is 5.97 Å². The average Bonchev–Trinajstić information content (AvgIpc) is 3.19. The second-order valence-electron chi connectivity index (χ2n) is 7.52. The molecule has 0 spiro atoms. The number of carbonyl (C=O) groups is 1. The number of benzene rings is 2. The highest BCUT2D eigenvalue weighted by molar-refractivity contribution is 6.03. The zero-order chi connectivity index (χ0) is 22.1. The lowest BCUT2D eigenvalue weighted by molar-refractivity contribution is 0.0463. The van der Waals surface area contributed by atoms with Crippen LogP contribution in [-0.4, -0.2) is 25.6 Å². The maximum absolute atomic E-state index is 12.7. The maximum atomic E-state index is 12.7. The quantitative estimate of drug-likeness (QED) is 0.389. The van der Waals surface area contributed by atoms with E-state index in [-0.39, 0.29) is 18.1 Å². The first-order valence-electron chi connectivity index (χ1n) is 10.4. The summed E-state index contributed by atoms with van der Waals surface area (Å²) in [6.07, 6.45) is 5.37. The third-order valence-corrected chi connectivity index (χ3v) is 5.57. The Morgan fingerprint density at radius 2 is 1.81 bits per heavy atom. The Bertz CT molecular complexity index is 1380. The van der Waals surface area contributed by atoms with Crippen molar-refractivity contribution in [2.45, 2.75) is 20.1 Å². The van der Waals surface area contributed by atoms with E-state index in [1.54, 1.807) is 12.4 Å². The Labute approximate surface area is 185 Å². The molecule has 3 aromatic rings. The Morgan fingerprint density at radius 3 is 2.56 bits per heavy atom. The minimum atomic E-state index is -0.646. The van der Waals surface area contributed by atoms with Gasteiger partial charge in [0.2, 0.25) is 0 Å². The Morgan fingerprint density at radius 1 is 1.03 bits per heavy atom. The van der Waals surface area contributed by atoms with Crippen LogP contribution in [0.25, 0.3) is 33.3 Å². The van der Waals surface area contributed by atoms with Crippen LogP contribution in [0, 0.1) is 0 Å². The van der Waals surface area contributed by atoms with Crippen LogP contribution >= 0.6 is 0 Å². The van der Waals surface area contributed by atoms with Crippen LogP contribution < -0.4 is 0 Å². The first-order chi connectivity index (χ1) is 15.7. The highest BCUT2D eigenvalue weighted by Gasteiger charge is 2.26. The molecule has 32 heavy (non-hydrogen) atoms. The predicted octanol–water partition coefficient (Wildman–Crippen LogP) is 5.29. The molecule has 0 saturated carbocycles. The molecule has 0 saturated heterocycles. The molecular formula is C26H21N3O3. The lowest BCUT2D eigenvalue weighted by Crippen LogP contribution is -2.05. The summed E-state index contributed by atoms with van der Waals surface area (Å²) in [6.45, 7) is 2.85. The van der Waals surface area contributed by atoms with Crippen LogP contribution in [0.5, 0.6) is 5.75 Å². The number of rotatable bonds is 5. The third-order valence-electron chi connectivity index (χ3n) is 5.57. The van der Waals surface area contributed by atoms with Crippen molar-refractivity contribution in [3.63, 3.8) is 0 Å². The summed E-state index contributed by atoms with van der Waals surface area (Å²) in [6, 6.07) is 19.4. The van der Waals surface area contributed by atoms with Crippen molar-refractivity contribution in [3.8, 4) is 28.1 Å². The SMILES string of the molecule is CCn1cc2c(O)c(C(=O)OCc3ccccc3)nc-2c2ccc(-c3ccncc3)cc21. The number of carbonyl (C=O) groups excluding carboxylic acids is 1. The number of fused-ring (bicyclic) bond motifs is 3. The molecule has 6 nitrogen and oxygen atoms in total. The zero-order valence-electron chi connectivity index (χ0n) is 17.5. The molecule has 1 aromatic heterocycles. The Balaban J connectivity index is 1.57. The number of nitrogens with zero attached hydrogens (tertiary/aromatic N) is 3. The van der Waals surface area contributed by atoms with Crippen molar-refractivity contribution in [1.29, 1.82) is 0 Å². The number of hydrogen-bond donors (Lipinski definition) is 1. The van der Waals surface area contributed by atoms with Crippen molar-refractivity contribution in [2.75, 3.05) is 0 Å². The van der Waals surface area contributed by atoms with Gasteiger partial charge in [-0.25, -0.2) is 9.78 Å². The van der Waals surface area contributed by atoms with E-state index in [1.807, 2.05) is 72.3 Å². The van der Waals surface area contributed by atoms with Crippen LogP contribution in [0.1, 0.15) is 23.0 Å². The molecule has 0 amide bonds. The molecule has 158 valence electrons. The fraction of sp³-hybridized carbons (Fsp3) is 0.115. The van der Waals surface area contributed by atoms with E-state index in [0.717, 1.165) is 27.6 Å². The third kappa shape index (κ3) is 3.46. The molecule has 0 bridgehead atoms. The van der Waals surface area contributed by atoms with Gasteiger partial charge in [0, 0.05) is 30.5 Å². The van der Waals surface area contributed by atoms with Gasteiger partial charge in [-0.05, 0) is 41.8 Å². The molecule has 1 N–H and O–H groups in total. The largest absolute Gasteiger partial charge is 0.505 e. The molecule has 0 fully saturated rings. The molecule has 0 unspecified atom stereocenters. The summed E-state index contributed by atoms with van der Waals surface area (Å²) in [5.74, 6) is -0.799. The van der Waals surface area contributed by atoms with Crippen molar-refractivity contribution >= 4 is 16.9 Å². The van der Waals surface area contributed by atoms with Gasteiger partial charge in [-0.1, -0.05) is 42.5 Å². The van der Waals surface area contributed by atoms with Gasteiger partial charge in [0.15, 0.2) is 11.4 Å². The maximum Gasteiger partial charge on any atom is 0.361 e. The van der Waals surface area contributed by atoms with Crippen molar-refractivity contribution < 1.29 is 14.6 Å². The van der Waals surface area contributed by atoms with E-state index in [1.165, 1.54) is 0 Å². The molecule has 0 aliphatic carbocycles. The Hall–Kier alpha value is -4.19. The van der Waals surface area contributed by atoms with Crippen molar-refractivity contribution in [3.05, 3.63) is 90.5 Å². The molecule has 5 rings (SSSR count). The topological polar surface area (TPSA) is 77.2 Å². The van der Waals surface area contributed by atoms with Crippen LogP contribution in [0.4, 0.5) is 0 Å². The normalized spacial score (nSPS) is 11.2. The van der Waals surface area contributed by atoms with Gasteiger partial charge in [0.25, 0.3) is 0 Å². The van der Waals surface area contributed by atoms with Gasteiger partial charge in [0.1, 0.15) is 6.61 Å². The average molecular weight is 423 g/mol. The van der Waals surface area contributed by atoms with Crippen molar-refractivity contribution in [2.24, 2.45) is 0 Å². The number of aromatic hydroxyl groups is 1. The van der Waals surface area contributed by atoms with E-state index >= 15 is 0 Å². The molecule has 6 heteroatoms. The number of aromatic nitrogens is 3. The van der Waals surface area contributed by atoms with E-state index in [0.29, 0.717) is 17.8 Å². The molecule has 3 heterocycles. The van der Waals surface area contributed by atoms with Crippen LogP contribution in [0.15, 0.2) is 79.3 Å². The molecular weight excluding hydrogens is 402 g/mol. The minimum Gasteiger partial charge on any atom is -0.505 e. The van der Waals surface area contributed by atoms with E-state index < -0.39 is 5.97 Å². The number of hydrogen-bond acceptors (Lipinski definition) is 5. The predicted molar refractivity (Wildman–Crippen MR) is 122 cm³/mol. The fourth-order valence-electron chi connectivity index (χ4n) is 3.91. The lowest BCUT2D eigenvalue weighted by Gasteiger charge is -2.14. The second-order valence-corrected chi connectivity index (χ2v) is 7.52. The Kier molecular flexibility index (Phi) is 5.03. The van der Waals surface area contributed by atoms with E-state index in [2.05, 4.69) is 16.0 Å². The number of esters is 1. The van der Waals surface area contributed by atoms with Gasteiger partial charge in [0.05, 0.1) is 16.8 Å². The van der Waals surface area contributed by atoms with Gasteiger partial charge in [-0.2, -0.15) is 0 Å². The fourth-order valence-corrected chi connectivity index (χ4v) is 3.91. The summed E-state index contributed by atoms with van der Waals surface area (Å²) >= 11 is 0. The number of pyridine rings is 2. The lowest BCUT2D eigenvalue weighted by atomic mass is 10.0. The summed E-state index contributed by atoms with van der Waals surface area (Å²) < 4.78 is 7.44. The minimum absolute atomic E-state index is 0.0655. The van der Waals surface area contributed by atoms with E-state index in [9.17, 15) is 9.90 Å². The zero-order valence-corrected chi connectivity index (χ0v) is 17.5. The molecule has 2 aromatic carbocycles. The summed E-state index contributed by atoms with van der Waals surface area (Å²) in [4.78, 5) is 21.2. The first kappa shape index (κ1) is 19.8. The van der Waals surface area contributed by atoms with E-state index in [4.69, 9.17) is 4.74 Å². The number of ether oxygens (including phenoxy) is 1. The van der Waals surface area contributed by atoms with Crippen LogP contribution in [0.2, 0.25) is 0 Å². The smallest absolute Gasteiger partial charge is 0.361 e. The van der Waals surface area contributed by atoms with Crippen LogP contribution in [0.3, 0.4) is 0 Å². The highest BCUT2D eigenvalue weighted by Crippen LogP contribution is 2.40. The molecule has 2 aliphatic rings. The molecule has 2 aliphatic heterocycles. The summed E-state index contributed by atoms with van der Waals surface area (Å²) in [5, 5.41) is 11.6. The highest BCUT2D eigenvalue weighted by atomic mass is 16.5. The second kappa shape index (κ2) is 8.15. The van der Waals surface area contributed by atoms with Gasteiger partial charge < -0.3 is 14.4 Å². The standard InChI is InChI=1S/C26H21N3O3/c1-2-29-15-21-23(20-9-8-19(14-22(20)29)18-10-12-27-13-11-18)28-24(25(21)30)26(31)32-16-17-6-4-3-5-7-17/h3-15,30H,2,16H2,1H3. The molecule has 0 atom stereocenters. The number of aryl methyl sites for hydroxylation is 1. The summed E-state index contributed by atoms with van der Waals surface area (Å²) in [7, 11) is 0. The van der Waals surface area contributed by atoms with Crippen molar-refractivity contribution in [1.82, 2.24) is 14.5 Å². The monoisotopic (exact) mass is 423 g/mol. The first-order valence-corrected chi connectivity index (χ1v) is 10.4.